The molecule has 0 bridgehead atoms. The van der Waals surface area contributed by atoms with E-state index in [1.807, 2.05) is 0 Å². The first-order chi connectivity index (χ1) is 17.6. The highest BCUT2D eigenvalue weighted by Crippen LogP contribution is 2.28. The minimum atomic E-state index is -0.548. The molecule has 3 aromatic rings. The normalized spacial score (nSPS) is 14.2. The number of nitrogens with zero attached hydrogens (tertiary/aromatic N) is 4. The molecule has 3 heterocycles. The highest BCUT2D eigenvalue weighted by atomic mass is 19.1. The number of ether oxygens (including phenoxy) is 1. The van der Waals surface area contributed by atoms with Gasteiger partial charge in [-0.1, -0.05) is 47.5 Å². The van der Waals surface area contributed by atoms with Crippen molar-refractivity contribution in [1.29, 1.82) is 0 Å². The lowest BCUT2D eigenvalue weighted by Crippen LogP contribution is -2.09. The number of carbonyl (C=O) groups excluding carboxylic acids is 1. The Morgan fingerprint density at radius 2 is 1.73 bits per heavy atom. The van der Waals surface area contributed by atoms with E-state index in [9.17, 15) is 13.6 Å². The SMILES string of the molecule is COC(=O)c1cnn2cc(F)c(CCC(C)CCCC(C)c3cc(F)cnc3CCC(C)C(C)C)nc12. The zero-order chi connectivity index (χ0) is 27.1. The zero-order valence-corrected chi connectivity index (χ0v) is 22.9. The van der Waals surface area contributed by atoms with E-state index in [2.05, 4.69) is 49.7 Å². The van der Waals surface area contributed by atoms with Gasteiger partial charge in [0.05, 0.1) is 31.4 Å². The van der Waals surface area contributed by atoms with E-state index < -0.39 is 11.8 Å². The van der Waals surface area contributed by atoms with Crippen molar-refractivity contribution in [3.8, 4) is 0 Å². The van der Waals surface area contributed by atoms with Gasteiger partial charge in [-0.25, -0.2) is 23.1 Å². The van der Waals surface area contributed by atoms with Crippen molar-refractivity contribution in [3.63, 3.8) is 0 Å². The van der Waals surface area contributed by atoms with Crippen LogP contribution in [-0.2, 0) is 17.6 Å². The molecule has 3 aromatic heterocycles. The van der Waals surface area contributed by atoms with Gasteiger partial charge < -0.3 is 4.74 Å². The Morgan fingerprint density at radius 1 is 1.00 bits per heavy atom. The Labute approximate surface area is 218 Å². The molecule has 0 spiro atoms. The molecule has 0 radical (unpaired) electrons. The molecule has 0 saturated carbocycles. The second kappa shape index (κ2) is 13.1. The molecule has 3 rings (SSSR count). The fraction of sp³-hybridized carbons (Fsp3) is 0.586. The van der Waals surface area contributed by atoms with Crippen LogP contribution in [0.15, 0.2) is 24.7 Å². The molecule has 202 valence electrons. The van der Waals surface area contributed by atoms with Crippen molar-refractivity contribution in [3.05, 3.63) is 58.8 Å². The molecule has 0 aliphatic rings. The van der Waals surface area contributed by atoms with Gasteiger partial charge in [-0.2, -0.15) is 5.10 Å². The van der Waals surface area contributed by atoms with Gasteiger partial charge in [0.2, 0.25) is 0 Å². The van der Waals surface area contributed by atoms with Crippen molar-refractivity contribution >= 4 is 11.6 Å². The number of aromatic nitrogens is 4. The van der Waals surface area contributed by atoms with Crippen molar-refractivity contribution in [2.24, 2.45) is 17.8 Å². The Hall–Kier alpha value is -2.90. The van der Waals surface area contributed by atoms with E-state index in [4.69, 9.17) is 4.74 Å². The Bertz CT molecular complexity index is 1190. The number of hydrogen-bond donors (Lipinski definition) is 0. The summed E-state index contributed by atoms with van der Waals surface area (Å²) in [5.41, 5.74) is 2.87. The fourth-order valence-corrected chi connectivity index (χ4v) is 4.63. The molecule has 37 heavy (non-hydrogen) atoms. The lowest BCUT2D eigenvalue weighted by Gasteiger charge is -2.19. The number of halogens is 2. The molecule has 0 aromatic carbocycles. The van der Waals surface area contributed by atoms with Crippen molar-refractivity contribution in [2.75, 3.05) is 7.11 Å². The molecule has 3 atom stereocenters. The third-order valence-corrected chi connectivity index (χ3v) is 7.61. The molecule has 0 aliphatic heterocycles. The molecule has 6 nitrogen and oxygen atoms in total. The number of rotatable bonds is 13. The summed E-state index contributed by atoms with van der Waals surface area (Å²) in [7, 11) is 1.29. The lowest BCUT2D eigenvalue weighted by atomic mass is 9.87. The van der Waals surface area contributed by atoms with Gasteiger partial charge in [-0.15, -0.1) is 0 Å². The van der Waals surface area contributed by atoms with E-state index in [1.165, 1.54) is 30.2 Å². The summed E-state index contributed by atoms with van der Waals surface area (Å²) < 4.78 is 34.6. The molecule has 0 N–H and O–H groups in total. The largest absolute Gasteiger partial charge is 0.465 e. The fourth-order valence-electron chi connectivity index (χ4n) is 4.63. The molecule has 3 unspecified atom stereocenters. The Kier molecular flexibility index (Phi) is 10.1. The summed E-state index contributed by atoms with van der Waals surface area (Å²) in [6.07, 6.45) is 10.00. The van der Waals surface area contributed by atoms with Crippen LogP contribution >= 0.6 is 0 Å². The summed E-state index contributed by atoms with van der Waals surface area (Å²) >= 11 is 0. The van der Waals surface area contributed by atoms with Crippen molar-refractivity contribution in [1.82, 2.24) is 19.6 Å². The molecule has 0 fully saturated rings. The van der Waals surface area contributed by atoms with Crippen LogP contribution in [-0.4, -0.2) is 32.7 Å². The highest BCUT2D eigenvalue weighted by molar-refractivity contribution is 5.95. The molecule has 0 saturated heterocycles. The number of fused-ring (bicyclic) bond motifs is 1. The predicted molar refractivity (Wildman–Crippen MR) is 141 cm³/mol. The van der Waals surface area contributed by atoms with Crippen LogP contribution in [0.25, 0.3) is 5.65 Å². The number of carbonyl (C=O) groups is 1. The van der Waals surface area contributed by atoms with Crippen LogP contribution in [0.1, 0.15) is 99.9 Å². The van der Waals surface area contributed by atoms with E-state index in [-0.39, 0.29) is 17.3 Å². The van der Waals surface area contributed by atoms with Gasteiger partial charge in [0, 0.05) is 5.69 Å². The minimum absolute atomic E-state index is 0.218. The highest BCUT2D eigenvalue weighted by Gasteiger charge is 2.19. The van der Waals surface area contributed by atoms with E-state index in [0.717, 1.165) is 49.8 Å². The number of aryl methyl sites for hydroxylation is 2. The average Bonchev–Trinajstić information content (AvgIpc) is 3.28. The van der Waals surface area contributed by atoms with Crippen LogP contribution in [0, 0.1) is 29.4 Å². The number of pyridine rings is 1. The van der Waals surface area contributed by atoms with Gasteiger partial charge in [0.1, 0.15) is 11.4 Å². The Morgan fingerprint density at radius 3 is 2.43 bits per heavy atom. The molecular weight excluding hydrogens is 474 g/mol. The Balaban J connectivity index is 1.54. The molecular formula is C29H40F2N4O2. The summed E-state index contributed by atoms with van der Waals surface area (Å²) in [5, 5.41) is 3.99. The third kappa shape index (κ3) is 7.55. The van der Waals surface area contributed by atoms with Crippen LogP contribution in [0.2, 0.25) is 0 Å². The van der Waals surface area contributed by atoms with Gasteiger partial charge in [-0.3, -0.25) is 4.98 Å². The lowest BCUT2D eigenvalue weighted by molar-refractivity contribution is 0.0602. The molecule has 8 heteroatoms. The quantitative estimate of drug-likeness (QED) is 0.231. The van der Waals surface area contributed by atoms with Crippen LogP contribution in [0.3, 0.4) is 0 Å². The average molecular weight is 515 g/mol. The third-order valence-electron chi connectivity index (χ3n) is 7.61. The second-order valence-corrected chi connectivity index (χ2v) is 10.8. The van der Waals surface area contributed by atoms with Crippen molar-refractivity contribution < 1.29 is 18.3 Å². The van der Waals surface area contributed by atoms with E-state index >= 15 is 0 Å². The van der Waals surface area contributed by atoms with Gasteiger partial charge in [0.15, 0.2) is 11.5 Å². The van der Waals surface area contributed by atoms with E-state index in [0.29, 0.717) is 35.5 Å². The first kappa shape index (κ1) is 28.7. The first-order valence-corrected chi connectivity index (χ1v) is 13.4. The maximum Gasteiger partial charge on any atom is 0.343 e. The second-order valence-electron chi connectivity index (χ2n) is 10.8. The summed E-state index contributed by atoms with van der Waals surface area (Å²) in [4.78, 5) is 20.7. The number of hydrogen-bond acceptors (Lipinski definition) is 5. The summed E-state index contributed by atoms with van der Waals surface area (Å²) in [6, 6.07) is 1.65. The smallest absolute Gasteiger partial charge is 0.343 e. The standard InChI is InChI=1S/C29H40F2N4O2/c1-18(2)20(4)11-13-26-23(14-22(30)15-32-26)21(5)9-7-8-19(3)10-12-27-25(31)17-35-28(34-27)24(16-33-35)29(36)37-6/h14-21H,7-13H2,1-6H3. The monoisotopic (exact) mass is 514 g/mol. The van der Waals surface area contributed by atoms with Crippen LogP contribution < -0.4 is 0 Å². The summed E-state index contributed by atoms with van der Waals surface area (Å²) in [5.74, 6) is 0.530. The molecule has 0 aliphatic carbocycles. The maximum absolute atomic E-state index is 14.6. The zero-order valence-electron chi connectivity index (χ0n) is 22.9. The van der Waals surface area contributed by atoms with E-state index in [1.54, 1.807) is 6.07 Å². The van der Waals surface area contributed by atoms with Gasteiger partial charge >= 0.3 is 5.97 Å². The predicted octanol–water partition coefficient (Wildman–Crippen LogP) is 6.96. The topological polar surface area (TPSA) is 69.4 Å². The van der Waals surface area contributed by atoms with Crippen LogP contribution in [0.5, 0.6) is 0 Å². The number of methoxy groups -OCH3 is 1. The van der Waals surface area contributed by atoms with Crippen molar-refractivity contribution in [2.45, 2.75) is 85.5 Å². The maximum atomic E-state index is 14.6. The first-order valence-electron chi connectivity index (χ1n) is 13.4. The number of esters is 1. The summed E-state index contributed by atoms with van der Waals surface area (Å²) in [6.45, 7) is 11.0. The van der Waals surface area contributed by atoms with Crippen LogP contribution in [0.4, 0.5) is 8.78 Å². The van der Waals surface area contributed by atoms with Gasteiger partial charge in [0.25, 0.3) is 0 Å². The minimum Gasteiger partial charge on any atom is -0.465 e. The molecule has 0 amide bonds. The van der Waals surface area contributed by atoms with Gasteiger partial charge in [-0.05, 0) is 67.4 Å².